The van der Waals surface area contributed by atoms with Gasteiger partial charge in [-0.3, -0.25) is 4.79 Å². The molecule has 3 fully saturated rings. The first-order chi connectivity index (χ1) is 19.5. The number of nitrogens with two attached hydrogens (primary N) is 1. The van der Waals surface area contributed by atoms with Crippen molar-refractivity contribution in [2.45, 2.75) is 64.1 Å². The maximum absolute atomic E-state index is 13.3. The van der Waals surface area contributed by atoms with Gasteiger partial charge in [0, 0.05) is 63.0 Å². The number of carbonyl (C=O) groups is 1. The number of fused-ring (bicyclic) bond motifs is 2. The van der Waals surface area contributed by atoms with Crippen LogP contribution in [0.25, 0.3) is 27.9 Å². The summed E-state index contributed by atoms with van der Waals surface area (Å²) in [5.41, 5.74) is 12.0. The van der Waals surface area contributed by atoms with Crippen LogP contribution in [0.1, 0.15) is 54.4 Å². The first-order valence-electron chi connectivity index (χ1n) is 14.8. The number of ether oxygens (including phenoxy) is 1. The molecule has 2 N–H and O–H groups in total. The maximum Gasteiger partial charge on any atom is 0.255 e. The smallest absolute Gasteiger partial charge is 0.255 e. The van der Waals surface area contributed by atoms with Crippen molar-refractivity contribution in [3.8, 4) is 11.4 Å². The van der Waals surface area contributed by atoms with Gasteiger partial charge < -0.3 is 24.8 Å². The van der Waals surface area contributed by atoms with Crippen molar-refractivity contribution in [2.75, 3.05) is 38.2 Å². The third kappa shape index (κ3) is 4.65. The fourth-order valence-corrected chi connectivity index (χ4v) is 6.47. The Morgan fingerprint density at radius 3 is 2.65 bits per heavy atom. The Labute approximate surface area is 234 Å². The zero-order valence-corrected chi connectivity index (χ0v) is 23.6. The highest BCUT2D eigenvalue weighted by Crippen LogP contribution is 2.37. The molecule has 1 aliphatic carbocycles. The number of aromatic nitrogens is 4. The molecule has 2 saturated heterocycles. The van der Waals surface area contributed by atoms with Crippen molar-refractivity contribution in [1.29, 1.82) is 0 Å². The van der Waals surface area contributed by atoms with Gasteiger partial charge >= 0.3 is 0 Å². The summed E-state index contributed by atoms with van der Waals surface area (Å²) in [5, 5.41) is 6.19. The quantitative estimate of drug-likeness (QED) is 0.392. The molecule has 7 rings (SSSR count). The fraction of sp³-hybridized carbons (Fsp3) is 0.516. The minimum absolute atomic E-state index is 0.0286. The summed E-state index contributed by atoms with van der Waals surface area (Å²) in [4.78, 5) is 22.7. The van der Waals surface area contributed by atoms with Gasteiger partial charge in [-0.25, -0.2) is 9.50 Å². The number of carbonyl (C=O) groups excluding carboxylic acids is 1. The molecule has 4 aromatic rings. The Morgan fingerprint density at radius 1 is 1.07 bits per heavy atom. The fourth-order valence-electron chi connectivity index (χ4n) is 6.47. The van der Waals surface area contributed by atoms with Crippen LogP contribution in [0.2, 0.25) is 0 Å². The summed E-state index contributed by atoms with van der Waals surface area (Å²) >= 11 is 0. The summed E-state index contributed by atoms with van der Waals surface area (Å²) in [6, 6.07) is 10.6. The Kier molecular flexibility index (Phi) is 6.51. The van der Waals surface area contributed by atoms with Crippen LogP contribution in [0.3, 0.4) is 0 Å². The number of piperidine rings is 2. The van der Waals surface area contributed by atoms with E-state index in [0.29, 0.717) is 24.1 Å². The van der Waals surface area contributed by atoms with E-state index in [1.807, 2.05) is 34.9 Å². The molecule has 0 aromatic carbocycles. The number of hydrogen-bond donors (Lipinski definition) is 1. The number of methoxy groups -OCH3 is 1. The van der Waals surface area contributed by atoms with Gasteiger partial charge in [-0.05, 0) is 81.7 Å². The summed E-state index contributed by atoms with van der Waals surface area (Å²) in [7, 11) is 1.81. The average Bonchev–Trinajstić information content (AvgIpc) is 3.66. The van der Waals surface area contributed by atoms with E-state index >= 15 is 0 Å². The lowest BCUT2D eigenvalue weighted by atomic mass is 10.1. The van der Waals surface area contributed by atoms with E-state index < -0.39 is 0 Å². The van der Waals surface area contributed by atoms with Crippen LogP contribution in [0.4, 0.5) is 5.82 Å². The molecule has 9 nitrogen and oxygen atoms in total. The highest BCUT2D eigenvalue weighted by Gasteiger charge is 2.28. The lowest BCUT2D eigenvalue weighted by Crippen LogP contribution is -2.45. The number of nitrogens with zero attached hydrogens (tertiary/aromatic N) is 6. The molecule has 6 heterocycles. The summed E-state index contributed by atoms with van der Waals surface area (Å²) in [5.74, 6) is 1.76. The van der Waals surface area contributed by atoms with E-state index in [-0.39, 0.29) is 11.9 Å². The van der Waals surface area contributed by atoms with Gasteiger partial charge in [0.1, 0.15) is 17.2 Å². The topological polar surface area (TPSA) is 93.9 Å². The van der Waals surface area contributed by atoms with E-state index in [4.69, 9.17) is 20.6 Å². The number of aryl methyl sites for hydroxylation is 1. The normalized spacial score (nSPS) is 20.6. The molecule has 40 heavy (non-hydrogen) atoms. The van der Waals surface area contributed by atoms with Gasteiger partial charge in [0.05, 0.1) is 22.9 Å². The largest absolute Gasteiger partial charge is 0.381 e. The number of anilines is 1. The Morgan fingerprint density at radius 2 is 1.90 bits per heavy atom. The number of amides is 1. The standard InChI is InChI=1S/C31H39N7O2/c1-20-26-9-7-23(31(39)36-13-3-4-24(32)19-36)18-38(26)34-29(20)27-16-22-8-10-28(35-14-11-25(40-2)12-15-35)33-30(22)37(27)17-21-5-6-21/h7-10,16,18,21,24-25H,3-6,11-15,17,19,32H2,1-2H3. The molecule has 0 spiro atoms. The van der Waals surface area contributed by atoms with Crippen LogP contribution >= 0.6 is 0 Å². The number of likely N-dealkylation sites (tertiary alicyclic amines) is 1. The van der Waals surface area contributed by atoms with Gasteiger partial charge in [-0.1, -0.05) is 0 Å². The van der Waals surface area contributed by atoms with Crippen LogP contribution in [0, 0.1) is 12.8 Å². The maximum atomic E-state index is 13.3. The zero-order valence-electron chi connectivity index (χ0n) is 23.6. The third-order valence-corrected chi connectivity index (χ3v) is 9.08. The predicted molar refractivity (Wildman–Crippen MR) is 157 cm³/mol. The monoisotopic (exact) mass is 541 g/mol. The Balaban J connectivity index is 1.25. The first kappa shape index (κ1) is 25.5. The van der Waals surface area contributed by atoms with Gasteiger partial charge in [-0.2, -0.15) is 5.10 Å². The van der Waals surface area contributed by atoms with E-state index in [9.17, 15) is 4.79 Å². The van der Waals surface area contributed by atoms with Crippen molar-refractivity contribution < 1.29 is 9.53 Å². The van der Waals surface area contributed by atoms with Gasteiger partial charge in [-0.15, -0.1) is 0 Å². The van der Waals surface area contributed by atoms with Crippen LogP contribution in [0.15, 0.2) is 36.5 Å². The number of hydrogen-bond acceptors (Lipinski definition) is 6. The highest BCUT2D eigenvalue weighted by molar-refractivity contribution is 5.95. The van der Waals surface area contributed by atoms with Crippen molar-refractivity contribution >= 4 is 28.3 Å². The third-order valence-electron chi connectivity index (χ3n) is 9.08. The minimum Gasteiger partial charge on any atom is -0.381 e. The summed E-state index contributed by atoms with van der Waals surface area (Å²) in [6.07, 6.45) is 8.73. The molecule has 1 saturated carbocycles. The van der Waals surface area contributed by atoms with Crippen molar-refractivity contribution in [1.82, 2.24) is 24.1 Å². The molecule has 210 valence electrons. The molecule has 2 aliphatic heterocycles. The second-order valence-corrected chi connectivity index (χ2v) is 12.0. The molecule has 1 unspecified atom stereocenters. The molecular weight excluding hydrogens is 502 g/mol. The van der Waals surface area contributed by atoms with Gasteiger partial charge in [0.2, 0.25) is 0 Å². The Hall–Kier alpha value is -3.43. The highest BCUT2D eigenvalue weighted by atomic mass is 16.5. The van der Waals surface area contributed by atoms with Crippen molar-refractivity contribution in [3.63, 3.8) is 0 Å². The van der Waals surface area contributed by atoms with E-state index in [0.717, 1.165) is 91.2 Å². The molecule has 4 aromatic heterocycles. The van der Waals surface area contributed by atoms with E-state index in [2.05, 4.69) is 34.6 Å². The van der Waals surface area contributed by atoms with Crippen LogP contribution in [-0.2, 0) is 11.3 Å². The van der Waals surface area contributed by atoms with E-state index in [1.54, 1.807) is 0 Å². The summed E-state index contributed by atoms with van der Waals surface area (Å²) < 4.78 is 9.83. The second kappa shape index (κ2) is 10.2. The second-order valence-electron chi connectivity index (χ2n) is 12.0. The predicted octanol–water partition coefficient (Wildman–Crippen LogP) is 4.25. The molecular formula is C31H39N7O2. The summed E-state index contributed by atoms with van der Waals surface area (Å²) in [6.45, 7) is 6.37. The minimum atomic E-state index is 0.0286. The number of pyridine rings is 2. The molecule has 1 atom stereocenters. The molecule has 0 bridgehead atoms. The molecule has 1 amide bonds. The lowest BCUT2D eigenvalue weighted by molar-refractivity contribution is 0.0708. The molecule has 9 heteroatoms. The lowest BCUT2D eigenvalue weighted by Gasteiger charge is -2.32. The first-order valence-corrected chi connectivity index (χ1v) is 14.8. The van der Waals surface area contributed by atoms with Gasteiger partial charge in [0.15, 0.2) is 0 Å². The Bertz CT molecular complexity index is 1560. The molecule has 0 radical (unpaired) electrons. The van der Waals surface area contributed by atoms with E-state index in [1.165, 1.54) is 12.8 Å². The van der Waals surface area contributed by atoms with Crippen LogP contribution in [0.5, 0.6) is 0 Å². The van der Waals surface area contributed by atoms with Crippen LogP contribution in [-0.4, -0.2) is 75.4 Å². The average molecular weight is 542 g/mol. The zero-order chi connectivity index (χ0) is 27.4. The van der Waals surface area contributed by atoms with Crippen LogP contribution < -0.4 is 10.6 Å². The van der Waals surface area contributed by atoms with Crippen molar-refractivity contribution in [2.24, 2.45) is 11.7 Å². The molecule has 3 aliphatic rings. The SMILES string of the molecule is COC1CCN(c2ccc3cc(-c4nn5cc(C(=O)N6CCCC(N)C6)ccc5c4C)n(CC4CC4)c3n2)CC1. The van der Waals surface area contributed by atoms with Crippen molar-refractivity contribution in [3.05, 3.63) is 47.7 Å². The number of rotatable bonds is 6. The van der Waals surface area contributed by atoms with Gasteiger partial charge in [0.25, 0.3) is 5.91 Å².